The average Bonchev–Trinajstić information content (AvgIpc) is 2.54. The molecule has 2 amide bonds. The van der Waals surface area contributed by atoms with Crippen molar-refractivity contribution in [3.8, 4) is 0 Å². The molecule has 1 aliphatic rings. The Morgan fingerprint density at radius 1 is 1.42 bits per heavy atom. The molecule has 4 N–H and O–H groups in total. The Balaban J connectivity index is 1.78. The summed E-state index contributed by atoms with van der Waals surface area (Å²) in [7, 11) is 1.60. The first-order chi connectivity index (χ1) is 11.5. The van der Waals surface area contributed by atoms with E-state index in [9.17, 15) is 9.59 Å². The number of amides is 2. The van der Waals surface area contributed by atoms with Crippen molar-refractivity contribution in [2.24, 2.45) is 0 Å². The van der Waals surface area contributed by atoms with E-state index in [1.165, 1.54) is 11.8 Å². The third-order valence-corrected chi connectivity index (χ3v) is 4.68. The van der Waals surface area contributed by atoms with Crippen molar-refractivity contribution in [1.29, 1.82) is 0 Å². The predicted molar refractivity (Wildman–Crippen MR) is 97.7 cm³/mol. The van der Waals surface area contributed by atoms with Gasteiger partial charge in [-0.25, -0.2) is 0 Å². The first-order valence-corrected chi connectivity index (χ1v) is 8.69. The van der Waals surface area contributed by atoms with E-state index in [2.05, 4.69) is 21.5 Å². The largest absolute Gasteiger partial charge is 0.383 e. The van der Waals surface area contributed by atoms with E-state index < -0.39 is 5.25 Å². The summed E-state index contributed by atoms with van der Waals surface area (Å²) in [4.78, 5) is 25.0. The Kier molecular flexibility index (Phi) is 6.83. The zero-order chi connectivity index (χ0) is 17.5. The molecule has 1 aliphatic heterocycles. The number of rotatable bonds is 5. The second kappa shape index (κ2) is 8.86. The van der Waals surface area contributed by atoms with Crippen LogP contribution in [0.25, 0.3) is 0 Å². The van der Waals surface area contributed by atoms with Crippen LogP contribution in [0.1, 0.15) is 13.3 Å². The molecule has 0 bridgehead atoms. The zero-order valence-electron chi connectivity index (χ0n) is 13.4. The number of hydrogen-bond acceptors (Lipinski definition) is 5. The standard InChI is InChI=1S/C15H20N4O3S2/c1-9(8-22-2)16-15(23)19-18-13(20)7-12-14(21)17-10-5-3-4-6-11(10)24-12/h3-6,9,12H,7-8H2,1-2H3,(H,17,21)(H,18,20)(H2,16,19,23)/t9-,12-/m1/s1. The average molecular weight is 368 g/mol. The number of hydrogen-bond donors (Lipinski definition) is 4. The monoisotopic (exact) mass is 368 g/mol. The molecule has 9 heteroatoms. The number of methoxy groups -OCH3 is 1. The molecular weight excluding hydrogens is 348 g/mol. The van der Waals surface area contributed by atoms with Crippen LogP contribution in [-0.2, 0) is 14.3 Å². The minimum absolute atomic E-state index is 0.0167. The number of carbonyl (C=O) groups is 2. The molecule has 1 heterocycles. The third-order valence-electron chi connectivity index (χ3n) is 3.19. The maximum atomic E-state index is 12.1. The Morgan fingerprint density at radius 3 is 2.92 bits per heavy atom. The highest BCUT2D eigenvalue weighted by Crippen LogP contribution is 2.36. The first-order valence-electron chi connectivity index (χ1n) is 7.40. The van der Waals surface area contributed by atoms with Crippen LogP contribution >= 0.6 is 24.0 Å². The van der Waals surface area contributed by atoms with Crippen LogP contribution in [0.2, 0.25) is 0 Å². The van der Waals surface area contributed by atoms with Crippen LogP contribution in [-0.4, -0.2) is 41.9 Å². The molecule has 24 heavy (non-hydrogen) atoms. The van der Waals surface area contributed by atoms with Crippen molar-refractivity contribution >= 4 is 46.6 Å². The molecule has 2 atom stereocenters. The Hall–Kier alpha value is -1.84. The Morgan fingerprint density at radius 2 is 2.17 bits per heavy atom. The number of para-hydroxylation sites is 1. The predicted octanol–water partition coefficient (Wildman–Crippen LogP) is 1.02. The van der Waals surface area contributed by atoms with Gasteiger partial charge in [0.15, 0.2) is 5.11 Å². The summed E-state index contributed by atoms with van der Waals surface area (Å²) in [5.74, 6) is -0.492. The molecule has 0 aliphatic carbocycles. The fourth-order valence-corrected chi connectivity index (χ4v) is 3.49. The lowest BCUT2D eigenvalue weighted by Gasteiger charge is -2.23. The van der Waals surface area contributed by atoms with Gasteiger partial charge in [0.25, 0.3) is 0 Å². The number of carbonyl (C=O) groups excluding carboxylic acids is 2. The fraction of sp³-hybridized carbons (Fsp3) is 0.400. The van der Waals surface area contributed by atoms with E-state index in [-0.39, 0.29) is 24.3 Å². The van der Waals surface area contributed by atoms with Crippen LogP contribution in [0.4, 0.5) is 5.69 Å². The smallest absolute Gasteiger partial charge is 0.240 e. The van der Waals surface area contributed by atoms with E-state index in [1.807, 2.05) is 31.2 Å². The van der Waals surface area contributed by atoms with E-state index in [1.54, 1.807) is 7.11 Å². The maximum Gasteiger partial charge on any atom is 0.240 e. The topological polar surface area (TPSA) is 91.5 Å². The van der Waals surface area contributed by atoms with Gasteiger partial charge in [-0.15, -0.1) is 11.8 Å². The molecule has 0 fully saturated rings. The lowest BCUT2D eigenvalue weighted by atomic mass is 10.2. The van der Waals surface area contributed by atoms with E-state index in [0.717, 1.165) is 10.6 Å². The number of nitrogens with one attached hydrogen (secondary N) is 4. The highest BCUT2D eigenvalue weighted by atomic mass is 32.2. The normalized spacial score (nSPS) is 17.2. The van der Waals surface area contributed by atoms with Crippen LogP contribution < -0.4 is 21.5 Å². The molecule has 0 unspecified atom stereocenters. The number of anilines is 1. The van der Waals surface area contributed by atoms with Crippen LogP contribution in [0.3, 0.4) is 0 Å². The van der Waals surface area contributed by atoms with Crippen molar-refractivity contribution in [3.63, 3.8) is 0 Å². The van der Waals surface area contributed by atoms with E-state index >= 15 is 0 Å². The Labute approximate surface area is 150 Å². The highest BCUT2D eigenvalue weighted by molar-refractivity contribution is 8.01. The fourth-order valence-electron chi connectivity index (χ4n) is 2.12. The molecule has 0 radical (unpaired) electrons. The van der Waals surface area contributed by atoms with Gasteiger partial charge in [-0.05, 0) is 31.3 Å². The molecule has 130 valence electrons. The number of thiocarbonyl (C=S) groups is 1. The van der Waals surface area contributed by atoms with Crippen molar-refractivity contribution in [2.45, 2.75) is 29.5 Å². The van der Waals surface area contributed by atoms with E-state index in [0.29, 0.717) is 11.7 Å². The molecule has 0 aromatic heterocycles. The van der Waals surface area contributed by atoms with Gasteiger partial charge in [0.1, 0.15) is 0 Å². The second-order valence-electron chi connectivity index (χ2n) is 5.30. The summed E-state index contributed by atoms with van der Waals surface area (Å²) in [6.07, 6.45) is 0.0497. The van der Waals surface area contributed by atoms with Crippen molar-refractivity contribution in [3.05, 3.63) is 24.3 Å². The minimum Gasteiger partial charge on any atom is -0.383 e. The second-order valence-corrected chi connectivity index (χ2v) is 6.95. The number of thioether (sulfide) groups is 1. The minimum atomic E-state index is -0.476. The van der Waals surface area contributed by atoms with Gasteiger partial charge < -0.3 is 15.4 Å². The molecular formula is C15H20N4O3S2. The summed E-state index contributed by atoms with van der Waals surface area (Å²) >= 11 is 6.44. The van der Waals surface area contributed by atoms with E-state index in [4.69, 9.17) is 17.0 Å². The van der Waals surface area contributed by atoms with Gasteiger partial charge in [0.05, 0.1) is 17.5 Å². The molecule has 1 aromatic carbocycles. The van der Waals surface area contributed by atoms with Gasteiger partial charge in [-0.1, -0.05) is 12.1 Å². The SMILES string of the molecule is COC[C@@H](C)NC(=S)NNC(=O)C[C@H]1Sc2ccccc2NC1=O. The summed E-state index contributed by atoms with van der Waals surface area (Å²) in [5, 5.41) is 5.58. The number of benzene rings is 1. The molecule has 7 nitrogen and oxygen atoms in total. The lowest BCUT2D eigenvalue weighted by Crippen LogP contribution is -2.50. The quantitative estimate of drug-likeness (QED) is 0.456. The van der Waals surface area contributed by atoms with Gasteiger partial charge >= 0.3 is 0 Å². The van der Waals surface area contributed by atoms with Crippen molar-refractivity contribution in [1.82, 2.24) is 16.2 Å². The van der Waals surface area contributed by atoms with Crippen molar-refractivity contribution < 1.29 is 14.3 Å². The molecule has 0 spiro atoms. The van der Waals surface area contributed by atoms with Crippen LogP contribution in [0.5, 0.6) is 0 Å². The molecule has 0 saturated heterocycles. The van der Waals surface area contributed by atoms with Gasteiger partial charge in [-0.3, -0.25) is 20.4 Å². The number of fused-ring (bicyclic) bond motifs is 1. The van der Waals surface area contributed by atoms with Crippen LogP contribution in [0, 0.1) is 0 Å². The molecule has 2 rings (SSSR count). The van der Waals surface area contributed by atoms with Crippen molar-refractivity contribution in [2.75, 3.05) is 19.0 Å². The maximum absolute atomic E-state index is 12.1. The van der Waals surface area contributed by atoms with Gasteiger partial charge in [0, 0.05) is 24.5 Å². The Bertz CT molecular complexity index is 626. The number of ether oxygens (including phenoxy) is 1. The van der Waals surface area contributed by atoms with Gasteiger partial charge in [0.2, 0.25) is 11.8 Å². The lowest BCUT2D eigenvalue weighted by molar-refractivity contribution is -0.124. The zero-order valence-corrected chi connectivity index (χ0v) is 15.1. The first kappa shape index (κ1) is 18.5. The number of hydrazine groups is 1. The summed E-state index contributed by atoms with van der Waals surface area (Å²) in [6, 6.07) is 7.52. The molecule has 0 saturated carbocycles. The summed E-state index contributed by atoms with van der Waals surface area (Å²) < 4.78 is 4.99. The molecule has 1 aromatic rings. The third kappa shape index (κ3) is 5.36. The van der Waals surface area contributed by atoms with Gasteiger partial charge in [-0.2, -0.15) is 0 Å². The van der Waals surface area contributed by atoms with Crippen LogP contribution in [0.15, 0.2) is 29.2 Å². The summed E-state index contributed by atoms with van der Waals surface area (Å²) in [5.41, 5.74) is 5.89. The summed E-state index contributed by atoms with van der Waals surface area (Å²) in [6.45, 7) is 2.40. The highest BCUT2D eigenvalue weighted by Gasteiger charge is 2.28.